The van der Waals surface area contributed by atoms with Gasteiger partial charge < -0.3 is 9.84 Å². The minimum Gasteiger partial charge on any atom is -0.494 e. The second-order valence-electron chi connectivity index (χ2n) is 7.21. The van der Waals surface area contributed by atoms with E-state index in [1.807, 2.05) is 6.92 Å². The SMILES string of the molecule is CCOc1ccc(C(C)(C)C)cc1C(CCO)N1CCCC1. The first-order valence-corrected chi connectivity index (χ1v) is 8.59. The molecule has 1 N–H and O–H groups in total. The molecule has 0 bridgehead atoms. The lowest BCUT2D eigenvalue weighted by Crippen LogP contribution is -2.27. The predicted octanol–water partition coefficient (Wildman–Crippen LogP) is 3.90. The molecule has 1 aliphatic rings. The summed E-state index contributed by atoms with van der Waals surface area (Å²) < 4.78 is 5.88. The Morgan fingerprint density at radius 2 is 1.91 bits per heavy atom. The predicted molar refractivity (Wildman–Crippen MR) is 91.6 cm³/mol. The summed E-state index contributed by atoms with van der Waals surface area (Å²) in [5.41, 5.74) is 2.69. The molecule has 1 aromatic carbocycles. The molecule has 0 aliphatic carbocycles. The van der Waals surface area contributed by atoms with Gasteiger partial charge >= 0.3 is 0 Å². The lowest BCUT2D eigenvalue weighted by molar-refractivity contribution is 0.181. The molecule has 0 radical (unpaired) electrons. The number of hydrogen-bond acceptors (Lipinski definition) is 3. The van der Waals surface area contributed by atoms with Crippen molar-refractivity contribution < 1.29 is 9.84 Å². The number of aliphatic hydroxyl groups is 1. The van der Waals surface area contributed by atoms with Gasteiger partial charge in [-0.05, 0) is 62.4 Å². The Morgan fingerprint density at radius 3 is 2.45 bits per heavy atom. The molecular formula is C19H31NO2. The van der Waals surface area contributed by atoms with Crippen molar-refractivity contribution in [3.05, 3.63) is 29.3 Å². The molecule has 1 fully saturated rings. The van der Waals surface area contributed by atoms with E-state index in [1.54, 1.807) is 0 Å². The molecule has 0 spiro atoms. The number of likely N-dealkylation sites (tertiary alicyclic amines) is 1. The standard InChI is InChI=1S/C19H31NO2/c1-5-22-18-9-8-15(19(2,3)4)14-16(18)17(10-13-21)20-11-6-7-12-20/h8-9,14,17,21H,5-7,10-13H2,1-4H3. The van der Waals surface area contributed by atoms with E-state index >= 15 is 0 Å². The fraction of sp³-hybridized carbons (Fsp3) is 0.684. The van der Waals surface area contributed by atoms with Crippen LogP contribution in [0.15, 0.2) is 18.2 Å². The van der Waals surface area contributed by atoms with Gasteiger partial charge in [-0.15, -0.1) is 0 Å². The largest absolute Gasteiger partial charge is 0.494 e. The van der Waals surface area contributed by atoms with Crippen molar-refractivity contribution in [1.82, 2.24) is 4.90 Å². The maximum atomic E-state index is 9.54. The smallest absolute Gasteiger partial charge is 0.124 e. The van der Waals surface area contributed by atoms with Gasteiger partial charge in [-0.2, -0.15) is 0 Å². The molecule has 1 unspecified atom stereocenters. The van der Waals surface area contributed by atoms with Crippen LogP contribution < -0.4 is 4.74 Å². The number of hydrogen-bond donors (Lipinski definition) is 1. The molecule has 1 saturated heterocycles. The molecule has 22 heavy (non-hydrogen) atoms. The molecule has 1 aromatic rings. The van der Waals surface area contributed by atoms with E-state index in [2.05, 4.69) is 43.9 Å². The molecular weight excluding hydrogens is 274 g/mol. The number of nitrogens with zero attached hydrogens (tertiary/aromatic N) is 1. The van der Waals surface area contributed by atoms with Crippen LogP contribution in [0.5, 0.6) is 5.75 Å². The molecule has 1 heterocycles. The van der Waals surface area contributed by atoms with Gasteiger partial charge in [-0.1, -0.05) is 26.8 Å². The highest BCUT2D eigenvalue weighted by molar-refractivity contribution is 5.42. The van der Waals surface area contributed by atoms with E-state index in [9.17, 15) is 5.11 Å². The molecule has 0 aromatic heterocycles. The molecule has 1 atom stereocenters. The molecule has 0 saturated carbocycles. The van der Waals surface area contributed by atoms with Crippen molar-refractivity contribution in [3.8, 4) is 5.75 Å². The summed E-state index contributed by atoms with van der Waals surface area (Å²) in [6.07, 6.45) is 3.28. The fourth-order valence-corrected chi connectivity index (χ4v) is 3.27. The monoisotopic (exact) mass is 305 g/mol. The van der Waals surface area contributed by atoms with Crippen LogP contribution in [0, 0.1) is 0 Å². The molecule has 3 heteroatoms. The van der Waals surface area contributed by atoms with Gasteiger partial charge in [0.15, 0.2) is 0 Å². The van der Waals surface area contributed by atoms with Crippen LogP contribution in [0.2, 0.25) is 0 Å². The molecule has 3 nitrogen and oxygen atoms in total. The number of rotatable bonds is 6. The first-order chi connectivity index (χ1) is 10.5. The Morgan fingerprint density at radius 1 is 1.23 bits per heavy atom. The van der Waals surface area contributed by atoms with E-state index in [4.69, 9.17) is 4.74 Å². The maximum absolute atomic E-state index is 9.54. The fourth-order valence-electron chi connectivity index (χ4n) is 3.27. The first kappa shape index (κ1) is 17.3. The van der Waals surface area contributed by atoms with E-state index in [1.165, 1.54) is 24.0 Å². The van der Waals surface area contributed by atoms with E-state index in [0.717, 1.165) is 25.3 Å². The summed E-state index contributed by atoms with van der Waals surface area (Å²) in [5, 5.41) is 9.54. The average molecular weight is 305 g/mol. The van der Waals surface area contributed by atoms with Crippen LogP contribution in [0.3, 0.4) is 0 Å². The highest BCUT2D eigenvalue weighted by Gasteiger charge is 2.27. The molecule has 2 rings (SSSR count). The summed E-state index contributed by atoms with van der Waals surface area (Å²) >= 11 is 0. The normalized spacial score (nSPS) is 17.7. The highest BCUT2D eigenvalue weighted by Crippen LogP contribution is 2.37. The van der Waals surface area contributed by atoms with Gasteiger partial charge in [0.25, 0.3) is 0 Å². The molecule has 124 valence electrons. The third-order valence-corrected chi connectivity index (χ3v) is 4.52. The number of aliphatic hydroxyl groups excluding tert-OH is 1. The van der Waals surface area contributed by atoms with Gasteiger partial charge in [0, 0.05) is 18.2 Å². The Hall–Kier alpha value is -1.06. The highest BCUT2D eigenvalue weighted by atomic mass is 16.5. The van der Waals surface area contributed by atoms with E-state index in [-0.39, 0.29) is 18.1 Å². The lowest BCUT2D eigenvalue weighted by Gasteiger charge is -2.30. The van der Waals surface area contributed by atoms with Crippen molar-refractivity contribution in [1.29, 1.82) is 0 Å². The topological polar surface area (TPSA) is 32.7 Å². The van der Waals surface area contributed by atoms with Crippen LogP contribution in [0.25, 0.3) is 0 Å². The third-order valence-electron chi connectivity index (χ3n) is 4.52. The Labute approximate surface area is 135 Å². The zero-order valence-corrected chi connectivity index (χ0v) is 14.6. The minimum atomic E-state index is 0.119. The second-order valence-corrected chi connectivity index (χ2v) is 7.21. The average Bonchev–Trinajstić information content (AvgIpc) is 2.98. The quantitative estimate of drug-likeness (QED) is 0.865. The Balaban J connectivity index is 2.41. The van der Waals surface area contributed by atoms with Crippen molar-refractivity contribution in [2.24, 2.45) is 0 Å². The van der Waals surface area contributed by atoms with Gasteiger partial charge in [0.2, 0.25) is 0 Å². The Bertz CT molecular complexity index is 473. The summed E-state index contributed by atoms with van der Waals surface area (Å²) in [6, 6.07) is 6.84. The summed E-state index contributed by atoms with van der Waals surface area (Å²) in [4.78, 5) is 2.50. The maximum Gasteiger partial charge on any atom is 0.124 e. The van der Waals surface area contributed by atoms with Crippen molar-refractivity contribution in [2.45, 2.75) is 58.4 Å². The molecule has 1 aliphatic heterocycles. The van der Waals surface area contributed by atoms with Crippen molar-refractivity contribution >= 4 is 0 Å². The van der Waals surface area contributed by atoms with Gasteiger partial charge in [-0.25, -0.2) is 0 Å². The third kappa shape index (κ3) is 4.02. The van der Waals surface area contributed by atoms with Crippen LogP contribution in [-0.4, -0.2) is 36.3 Å². The van der Waals surface area contributed by atoms with Gasteiger partial charge in [0.1, 0.15) is 5.75 Å². The zero-order valence-electron chi connectivity index (χ0n) is 14.6. The van der Waals surface area contributed by atoms with Gasteiger partial charge in [0.05, 0.1) is 6.61 Å². The number of benzene rings is 1. The number of ether oxygens (including phenoxy) is 1. The molecule has 0 amide bonds. The summed E-state index contributed by atoms with van der Waals surface area (Å²) in [7, 11) is 0. The van der Waals surface area contributed by atoms with Crippen LogP contribution in [0.1, 0.15) is 64.1 Å². The first-order valence-electron chi connectivity index (χ1n) is 8.59. The summed E-state index contributed by atoms with van der Waals surface area (Å²) in [5.74, 6) is 0.973. The summed E-state index contributed by atoms with van der Waals surface area (Å²) in [6.45, 7) is 11.9. The van der Waals surface area contributed by atoms with E-state index in [0.29, 0.717) is 6.61 Å². The van der Waals surface area contributed by atoms with Gasteiger partial charge in [-0.3, -0.25) is 4.90 Å². The Kier molecular flexibility index (Phi) is 5.87. The second kappa shape index (κ2) is 7.47. The zero-order chi connectivity index (χ0) is 16.2. The van der Waals surface area contributed by atoms with Crippen LogP contribution in [0.4, 0.5) is 0 Å². The van der Waals surface area contributed by atoms with Crippen molar-refractivity contribution in [2.75, 3.05) is 26.3 Å². The van der Waals surface area contributed by atoms with Crippen LogP contribution >= 0.6 is 0 Å². The minimum absolute atomic E-state index is 0.119. The van der Waals surface area contributed by atoms with E-state index < -0.39 is 0 Å². The van der Waals surface area contributed by atoms with Crippen molar-refractivity contribution in [3.63, 3.8) is 0 Å². The van der Waals surface area contributed by atoms with Crippen LogP contribution in [-0.2, 0) is 5.41 Å². The lowest BCUT2D eigenvalue weighted by atomic mass is 9.84.